The second-order valence-corrected chi connectivity index (χ2v) is 37.5. The molecule has 724 valence electrons. The van der Waals surface area contributed by atoms with Gasteiger partial charge in [0.1, 0.15) is 96.7 Å². The number of benzene rings is 7. The number of nitrogens with two attached hydrogens (primary N) is 4. The van der Waals surface area contributed by atoms with E-state index in [0.29, 0.717) is 166 Å². The fourth-order valence-electron chi connectivity index (χ4n) is 19.0. The number of allylic oxidation sites excluding steroid dienone is 1. The second kappa shape index (κ2) is 40.4. The Morgan fingerprint density at radius 1 is 0.413 bits per heavy atom. The largest absolute Gasteiger partial charge is 0.457 e. The number of H-pyrrole nitrogens is 4. The maximum atomic E-state index is 13.1. The summed E-state index contributed by atoms with van der Waals surface area (Å²) in [6.45, 7) is 14.5. The summed E-state index contributed by atoms with van der Waals surface area (Å²) < 4.78 is 56.3. The molecule has 6 aliphatic rings. The van der Waals surface area contributed by atoms with E-state index in [2.05, 4.69) is 71.6 Å². The third-order valence-corrected chi connectivity index (χ3v) is 27.5. The maximum Gasteiger partial charge on any atom is 0.290 e. The monoisotopic (exact) mass is 1940 g/mol. The normalized spacial score (nSPS) is 16.8. The molecule has 22 rings (SSSR count). The number of sulfonamides is 1. The average molecular weight is 1940 g/mol. The number of nitriles is 1. The molecule has 7 aromatic carbocycles. The highest BCUT2D eigenvalue weighted by Gasteiger charge is 2.55. The van der Waals surface area contributed by atoms with Crippen molar-refractivity contribution in [3.05, 3.63) is 303 Å². The Balaban J connectivity index is 0.000000121. The van der Waals surface area contributed by atoms with Crippen molar-refractivity contribution in [3.63, 3.8) is 0 Å². The summed E-state index contributed by atoms with van der Waals surface area (Å²) in [5.74, 6) is 5.84. The number of carbonyl (C=O) groups is 3. The molecular weight excluding hydrogens is 1840 g/mol. The van der Waals surface area contributed by atoms with E-state index in [4.69, 9.17) is 62.3 Å². The highest BCUT2D eigenvalue weighted by atomic mass is 32.2. The zero-order valence-electron chi connectivity index (χ0n) is 77.3. The molecule has 16 aromatic rings. The van der Waals surface area contributed by atoms with Crippen LogP contribution in [0.3, 0.4) is 0 Å². The van der Waals surface area contributed by atoms with Crippen molar-refractivity contribution in [2.75, 3.05) is 75.3 Å². The average Bonchev–Trinajstić information content (AvgIpc) is 1.64. The van der Waals surface area contributed by atoms with Crippen LogP contribution >= 0.6 is 0 Å². The molecule has 3 atom stereocenters. The Bertz CT molecular complexity index is 7990. The molecule has 2 aliphatic carbocycles. The highest BCUT2D eigenvalue weighted by Crippen LogP contribution is 2.55. The van der Waals surface area contributed by atoms with Crippen LogP contribution in [0.2, 0.25) is 0 Å². The lowest BCUT2D eigenvalue weighted by Crippen LogP contribution is -2.63. The number of piperidine rings is 3. The first-order valence-corrected chi connectivity index (χ1v) is 48.0. The van der Waals surface area contributed by atoms with E-state index < -0.39 is 26.7 Å². The molecule has 4 aliphatic heterocycles. The van der Waals surface area contributed by atoms with Crippen LogP contribution in [0.15, 0.2) is 281 Å². The smallest absolute Gasteiger partial charge is 0.290 e. The lowest BCUT2D eigenvalue weighted by Gasteiger charge is -2.58. The molecule has 2 saturated carbocycles. The van der Waals surface area contributed by atoms with Gasteiger partial charge < -0.3 is 56.6 Å². The van der Waals surface area contributed by atoms with E-state index in [1.165, 1.54) is 16.5 Å². The number of ether oxygens (including phenoxy) is 4. The predicted octanol–water partition coefficient (Wildman–Crippen LogP) is 13.9. The number of para-hydroxylation sites is 4. The number of pyridine rings is 1. The summed E-state index contributed by atoms with van der Waals surface area (Å²) in [5, 5.41) is 57.3. The summed E-state index contributed by atoms with van der Waals surface area (Å²) >= 11 is 0. The van der Waals surface area contributed by atoms with Crippen LogP contribution in [-0.2, 0) is 24.4 Å². The molecule has 0 radical (unpaired) electrons. The van der Waals surface area contributed by atoms with Gasteiger partial charge in [-0.05, 0) is 210 Å². The number of nitrogens with one attached hydrogen (secondary N) is 4. The molecule has 39 nitrogen and oxygen atoms in total. The van der Waals surface area contributed by atoms with Gasteiger partial charge in [-0.25, -0.2) is 33.8 Å². The van der Waals surface area contributed by atoms with Gasteiger partial charge in [-0.1, -0.05) is 98.6 Å². The fraction of sp³-hybridized carbons (Fsp3) is 0.233. The van der Waals surface area contributed by atoms with Crippen molar-refractivity contribution in [1.82, 2.24) is 104 Å². The van der Waals surface area contributed by atoms with Gasteiger partial charge >= 0.3 is 0 Å². The fourth-order valence-corrected chi connectivity index (χ4v) is 19.9. The van der Waals surface area contributed by atoms with E-state index in [0.717, 1.165) is 85.0 Å². The van der Waals surface area contributed by atoms with Gasteiger partial charge in [0.2, 0.25) is 27.7 Å². The SMILES string of the molecule is C=CC(=O)N1CC2(CC(n3nc(-c4ccc(Oc5ccccc5)cc4)c4c(N)n[nH]c(=O)c43)C2)C1.C=CC(=O)N1CCCC(n2nc(-c3ccc(Oc4ccccc4)nc3)c3c(N)n[nH]c(=O)c32)C1.C=CS(=O)(=O)N1CCCC(n2nc(-c3ccc(Oc4ccccc4)cc3)c3c(N)n[nH]c(=O)c32)C1.N#CC(=CC1CC1)C(=O)N1CCCC(n2nc(-c3ccc(Oc4ccccc4)cc3)c3c(N)n[nH]c(=O)c32)C1. The molecule has 6 fully saturated rings. The van der Waals surface area contributed by atoms with Gasteiger partial charge in [-0.2, -0.15) is 50.4 Å². The minimum absolute atomic E-state index is 0.0408. The van der Waals surface area contributed by atoms with Gasteiger partial charge in [0.15, 0.2) is 23.3 Å². The lowest BCUT2D eigenvalue weighted by atomic mass is 9.60. The van der Waals surface area contributed by atoms with Crippen LogP contribution < -0.4 is 64.1 Å². The van der Waals surface area contributed by atoms with Crippen LogP contribution in [0.1, 0.15) is 88.4 Å². The maximum absolute atomic E-state index is 13.1. The molecule has 12 N–H and O–H groups in total. The number of fused-ring (bicyclic) bond motifs is 4. The first-order valence-electron chi connectivity index (χ1n) is 46.5. The molecular formula is C103H98N26O13S. The van der Waals surface area contributed by atoms with Gasteiger partial charge in [0.05, 0.1) is 45.7 Å². The summed E-state index contributed by atoms with van der Waals surface area (Å²) in [6, 6.07) is 64.9. The van der Waals surface area contributed by atoms with Crippen molar-refractivity contribution in [1.29, 1.82) is 5.26 Å². The number of hydrogen-bond donors (Lipinski definition) is 8. The van der Waals surface area contributed by atoms with E-state index in [1.54, 1.807) is 51.8 Å². The summed E-state index contributed by atoms with van der Waals surface area (Å²) in [6.07, 6.45) is 14.0. The van der Waals surface area contributed by atoms with Crippen LogP contribution in [0.25, 0.3) is 88.6 Å². The summed E-state index contributed by atoms with van der Waals surface area (Å²) in [4.78, 5) is 98.2. The zero-order chi connectivity index (χ0) is 99.3. The molecule has 3 unspecified atom stereocenters. The van der Waals surface area contributed by atoms with Gasteiger partial charge in [0, 0.05) is 97.7 Å². The van der Waals surface area contributed by atoms with E-state index in [1.807, 2.05) is 200 Å². The second-order valence-electron chi connectivity index (χ2n) is 35.6. The Kier molecular flexibility index (Phi) is 26.6. The Morgan fingerprint density at radius 3 is 1.11 bits per heavy atom. The zero-order valence-corrected chi connectivity index (χ0v) is 78.1. The number of aromatic nitrogens is 17. The van der Waals surface area contributed by atoms with Gasteiger partial charge in [-0.15, -0.1) is 0 Å². The molecule has 143 heavy (non-hydrogen) atoms. The Labute approximate surface area is 816 Å². The molecule has 4 saturated heterocycles. The van der Waals surface area contributed by atoms with Crippen molar-refractivity contribution in [2.24, 2.45) is 11.3 Å². The number of aromatic amines is 4. The van der Waals surface area contributed by atoms with Crippen LogP contribution in [0.4, 0.5) is 23.3 Å². The van der Waals surface area contributed by atoms with Crippen LogP contribution in [0, 0.1) is 22.7 Å². The lowest BCUT2D eigenvalue weighted by molar-refractivity contribution is -0.148. The highest BCUT2D eigenvalue weighted by molar-refractivity contribution is 7.92. The van der Waals surface area contributed by atoms with E-state index in [-0.39, 0.29) is 93.8 Å². The standard InChI is InChI=1S/C29H27N7O3.C26H24N6O3.C24H23N7O3.C24H24N6O4S/c30-16-20(15-18-8-9-18)29(38)35-14-4-5-21(17-35)36-26-24(27(31)32-33-28(26)37)25(34-36)19-10-12-23(13-11-19)39-22-6-2-1-3-7-22;1-2-20(33)31-14-26(15-31)12-17(13-26)32-23-21(24(27)28-29-25(23)34)22(30-32)16-8-10-19(11-9-16)35-18-6-4-3-5-7-18;1-2-19(32)30-12-6-7-16(14-30)31-22-20(23(25)27-28-24(22)33)21(29-31)15-10-11-18(26-13-15)34-17-8-4-3-5-9-17;1-2-35(32,33)29-14-6-7-17(15-29)30-22-20(23(25)26-27-24(22)31)21(28-30)16-10-12-19(13-11-16)34-18-8-4-3-5-9-18/h1-3,6-7,10-13,15,18,21H,4-5,8-9,14,17H2,(H2,31,32)(H,33,37);2-11,17H,1,12-15H2,(H2,27,28)(H,29,34);2-5,8-11,13,16H,1,6-7,12,14H2,(H2,25,27)(H,28,33);2-5,8-13,17H,1,6-7,14-15H2,(H2,25,26)(H,27,31). The first kappa shape index (κ1) is 94.2. The van der Waals surface area contributed by atoms with Crippen LogP contribution in [0.5, 0.6) is 46.1 Å². The molecule has 40 heteroatoms. The van der Waals surface area contributed by atoms with Crippen molar-refractivity contribution in [2.45, 2.75) is 88.4 Å². The number of hydrogen-bond acceptors (Lipinski definition) is 27. The number of nitrogens with zero attached hydrogens (tertiary/aromatic N) is 18. The minimum atomic E-state index is -3.59. The van der Waals surface area contributed by atoms with Gasteiger partial charge in [-0.3, -0.25) is 52.3 Å². The molecule has 9 aromatic heterocycles. The molecule has 13 heterocycles. The quantitative estimate of drug-likeness (QED) is 0.0231. The minimum Gasteiger partial charge on any atom is -0.457 e. The molecule has 0 bridgehead atoms. The topological polar surface area (TPSA) is 530 Å². The van der Waals surface area contributed by atoms with Crippen LogP contribution in [-0.4, -0.2) is 182 Å². The number of anilines is 4. The van der Waals surface area contributed by atoms with Crippen molar-refractivity contribution >= 4 is 94.6 Å². The number of nitrogen functional groups attached to an aromatic ring is 4. The number of amides is 3. The predicted molar refractivity (Wildman–Crippen MR) is 539 cm³/mol. The Morgan fingerprint density at radius 2 is 0.748 bits per heavy atom. The van der Waals surface area contributed by atoms with Crippen molar-refractivity contribution < 1.29 is 41.7 Å². The van der Waals surface area contributed by atoms with Crippen molar-refractivity contribution in [3.8, 4) is 97.2 Å². The number of carbonyl (C=O) groups excluding carboxylic acids is 3. The third kappa shape index (κ3) is 19.8. The third-order valence-electron chi connectivity index (χ3n) is 26.1. The molecule has 1 spiro atoms. The number of likely N-dealkylation sites (tertiary alicyclic amines) is 3. The van der Waals surface area contributed by atoms with E-state index in [9.17, 15) is 47.2 Å². The van der Waals surface area contributed by atoms with Gasteiger partial charge in [0.25, 0.3) is 28.1 Å². The Hall–Kier alpha value is -17.7. The summed E-state index contributed by atoms with van der Waals surface area (Å²) in [7, 11) is -3.59. The first-order chi connectivity index (χ1) is 69.4. The number of rotatable bonds is 22. The summed E-state index contributed by atoms with van der Waals surface area (Å²) in [5.41, 5.74) is 29.9. The van der Waals surface area contributed by atoms with E-state index >= 15 is 0 Å². The molecule has 3 amide bonds.